The van der Waals surface area contributed by atoms with Gasteiger partial charge in [-0.1, -0.05) is 6.92 Å². The van der Waals surface area contributed by atoms with Crippen LogP contribution in [0.25, 0.3) is 11.3 Å². The van der Waals surface area contributed by atoms with Crippen molar-refractivity contribution >= 4 is 11.3 Å². The third kappa shape index (κ3) is 2.31. The Kier molecular flexibility index (Phi) is 3.37. The van der Waals surface area contributed by atoms with Gasteiger partial charge in [-0.25, -0.2) is 4.98 Å². The highest BCUT2D eigenvalue weighted by atomic mass is 32.1. The van der Waals surface area contributed by atoms with Crippen LogP contribution in [0.3, 0.4) is 0 Å². The molecule has 0 bridgehead atoms. The number of nitrogens with zero attached hydrogens (tertiary/aromatic N) is 2. The quantitative estimate of drug-likeness (QED) is 0.878. The first-order chi connectivity index (χ1) is 7.83. The standard InChI is InChI=1S/C12H13N3S/c1-2-9(6-13)5-12-15-11(8-16-12)10-3-4-14-7-10/h3-4,7-9,14H,2,5H2,1H3. The highest BCUT2D eigenvalue weighted by Crippen LogP contribution is 2.23. The maximum absolute atomic E-state index is 8.90. The molecule has 0 aliphatic rings. The Morgan fingerprint density at radius 3 is 3.12 bits per heavy atom. The number of H-pyrrole nitrogens is 1. The summed E-state index contributed by atoms with van der Waals surface area (Å²) in [7, 11) is 0. The van der Waals surface area contributed by atoms with Crippen LogP contribution in [-0.4, -0.2) is 9.97 Å². The Labute approximate surface area is 98.8 Å². The number of aromatic nitrogens is 2. The van der Waals surface area contributed by atoms with E-state index in [4.69, 9.17) is 5.26 Å². The Bertz CT molecular complexity index is 479. The van der Waals surface area contributed by atoms with E-state index in [9.17, 15) is 0 Å². The average molecular weight is 231 g/mol. The van der Waals surface area contributed by atoms with Gasteiger partial charge in [0.05, 0.1) is 22.7 Å². The summed E-state index contributed by atoms with van der Waals surface area (Å²) in [5, 5.41) is 12.0. The molecule has 0 fully saturated rings. The van der Waals surface area contributed by atoms with Crippen molar-refractivity contribution in [3.63, 3.8) is 0 Å². The van der Waals surface area contributed by atoms with Crippen LogP contribution >= 0.6 is 11.3 Å². The summed E-state index contributed by atoms with van der Waals surface area (Å²) >= 11 is 1.63. The maximum Gasteiger partial charge on any atom is 0.0945 e. The molecule has 2 rings (SSSR count). The Balaban J connectivity index is 2.12. The second-order valence-corrected chi connectivity index (χ2v) is 4.61. The first kappa shape index (κ1) is 10.9. The van der Waals surface area contributed by atoms with Gasteiger partial charge >= 0.3 is 0 Å². The van der Waals surface area contributed by atoms with Crippen LogP contribution in [0.2, 0.25) is 0 Å². The van der Waals surface area contributed by atoms with Gasteiger partial charge in [-0.05, 0) is 12.5 Å². The first-order valence-corrected chi connectivity index (χ1v) is 6.18. The summed E-state index contributed by atoms with van der Waals surface area (Å²) in [5.41, 5.74) is 2.10. The molecular weight excluding hydrogens is 218 g/mol. The van der Waals surface area contributed by atoms with Gasteiger partial charge in [0.2, 0.25) is 0 Å². The van der Waals surface area contributed by atoms with Crippen LogP contribution in [0.4, 0.5) is 0 Å². The minimum atomic E-state index is 0.0882. The van der Waals surface area contributed by atoms with Gasteiger partial charge < -0.3 is 4.98 Å². The van der Waals surface area contributed by atoms with Crippen molar-refractivity contribution in [2.24, 2.45) is 5.92 Å². The molecule has 0 saturated carbocycles. The fourth-order valence-corrected chi connectivity index (χ4v) is 2.40. The second kappa shape index (κ2) is 4.95. The van der Waals surface area contributed by atoms with E-state index in [1.54, 1.807) is 11.3 Å². The Morgan fingerprint density at radius 1 is 1.62 bits per heavy atom. The summed E-state index contributed by atoms with van der Waals surface area (Å²) in [6, 6.07) is 4.31. The lowest BCUT2D eigenvalue weighted by Gasteiger charge is -2.00. The molecule has 1 N–H and O–H groups in total. The summed E-state index contributed by atoms with van der Waals surface area (Å²) in [6.45, 7) is 2.04. The van der Waals surface area contributed by atoms with E-state index in [2.05, 4.69) is 16.0 Å². The van der Waals surface area contributed by atoms with Crippen molar-refractivity contribution in [2.75, 3.05) is 0 Å². The Hall–Kier alpha value is -1.60. The third-order valence-electron chi connectivity index (χ3n) is 2.54. The molecule has 0 saturated heterocycles. The van der Waals surface area contributed by atoms with Crippen molar-refractivity contribution < 1.29 is 0 Å². The van der Waals surface area contributed by atoms with E-state index in [1.165, 1.54) is 0 Å². The fourth-order valence-electron chi connectivity index (χ4n) is 1.51. The van der Waals surface area contributed by atoms with Gasteiger partial charge in [0, 0.05) is 29.8 Å². The summed E-state index contributed by atoms with van der Waals surface area (Å²) in [6.07, 6.45) is 5.47. The maximum atomic E-state index is 8.90. The first-order valence-electron chi connectivity index (χ1n) is 5.30. The highest BCUT2D eigenvalue weighted by Gasteiger charge is 2.10. The molecule has 1 unspecified atom stereocenters. The molecular formula is C12H13N3S. The monoisotopic (exact) mass is 231 g/mol. The van der Waals surface area contributed by atoms with E-state index >= 15 is 0 Å². The van der Waals surface area contributed by atoms with Crippen LogP contribution in [0.5, 0.6) is 0 Å². The van der Waals surface area contributed by atoms with Crippen molar-refractivity contribution in [2.45, 2.75) is 19.8 Å². The lowest BCUT2D eigenvalue weighted by atomic mass is 10.1. The zero-order chi connectivity index (χ0) is 11.4. The summed E-state index contributed by atoms with van der Waals surface area (Å²) in [4.78, 5) is 7.55. The van der Waals surface area contributed by atoms with E-state index in [-0.39, 0.29) is 5.92 Å². The molecule has 0 amide bonds. The van der Waals surface area contributed by atoms with Gasteiger partial charge in [0.25, 0.3) is 0 Å². The molecule has 2 aromatic heterocycles. The molecule has 2 aromatic rings. The highest BCUT2D eigenvalue weighted by molar-refractivity contribution is 7.09. The van der Waals surface area contributed by atoms with E-state index in [0.717, 1.165) is 29.1 Å². The zero-order valence-corrected chi connectivity index (χ0v) is 9.92. The molecule has 3 nitrogen and oxygen atoms in total. The largest absolute Gasteiger partial charge is 0.367 e. The van der Waals surface area contributed by atoms with E-state index in [0.29, 0.717) is 0 Å². The van der Waals surface area contributed by atoms with Gasteiger partial charge in [0.15, 0.2) is 0 Å². The van der Waals surface area contributed by atoms with Crippen molar-refractivity contribution in [1.82, 2.24) is 9.97 Å². The normalized spacial score (nSPS) is 12.2. The van der Waals surface area contributed by atoms with Gasteiger partial charge in [-0.3, -0.25) is 0 Å². The van der Waals surface area contributed by atoms with Gasteiger partial charge in [-0.2, -0.15) is 5.26 Å². The Morgan fingerprint density at radius 2 is 2.50 bits per heavy atom. The molecule has 0 aliphatic heterocycles. The van der Waals surface area contributed by atoms with Crippen LogP contribution in [-0.2, 0) is 6.42 Å². The lowest BCUT2D eigenvalue weighted by Crippen LogP contribution is -1.99. The van der Waals surface area contributed by atoms with Crippen molar-refractivity contribution in [3.05, 3.63) is 28.8 Å². The number of aromatic amines is 1. The third-order valence-corrected chi connectivity index (χ3v) is 3.41. The predicted molar refractivity (Wildman–Crippen MR) is 65.0 cm³/mol. The predicted octanol–water partition coefficient (Wildman–Crippen LogP) is 3.23. The van der Waals surface area contributed by atoms with Crippen LogP contribution in [0.1, 0.15) is 18.4 Å². The summed E-state index contributed by atoms with van der Waals surface area (Å²) < 4.78 is 0. The topological polar surface area (TPSA) is 52.5 Å². The smallest absolute Gasteiger partial charge is 0.0945 e. The zero-order valence-electron chi connectivity index (χ0n) is 9.10. The number of rotatable bonds is 4. The SMILES string of the molecule is CCC(C#N)Cc1nc(-c2cc[nH]c2)cs1. The molecule has 0 spiro atoms. The molecule has 0 aliphatic carbocycles. The minimum Gasteiger partial charge on any atom is -0.367 e. The molecule has 0 aromatic carbocycles. The van der Waals surface area contributed by atoms with Crippen LogP contribution in [0.15, 0.2) is 23.8 Å². The molecule has 82 valence electrons. The number of hydrogen-bond acceptors (Lipinski definition) is 3. The van der Waals surface area contributed by atoms with Gasteiger partial charge in [0.1, 0.15) is 0 Å². The average Bonchev–Trinajstić information content (AvgIpc) is 2.96. The number of thiazole rings is 1. The van der Waals surface area contributed by atoms with Crippen LogP contribution in [0, 0.1) is 17.2 Å². The molecule has 0 radical (unpaired) electrons. The lowest BCUT2D eigenvalue weighted by molar-refractivity contribution is 0.636. The van der Waals surface area contributed by atoms with E-state index < -0.39 is 0 Å². The van der Waals surface area contributed by atoms with Gasteiger partial charge in [-0.15, -0.1) is 11.3 Å². The van der Waals surface area contributed by atoms with Crippen molar-refractivity contribution in [3.8, 4) is 17.3 Å². The molecule has 4 heteroatoms. The number of nitriles is 1. The van der Waals surface area contributed by atoms with Crippen molar-refractivity contribution in [1.29, 1.82) is 5.26 Å². The second-order valence-electron chi connectivity index (χ2n) is 3.66. The summed E-state index contributed by atoms with van der Waals surface area (Å²) in [5.74, 6) is 0.0882. The van der Waals surface area contributed by atoms with E-state index in [1.807, 2.05) is 30.8 Å². The number of nitrogens with one attached hydrogen (secondary N) is 1. The minimum absolute atomic E-state index is 0.0882. The number of hydrogen-bond donors (Lipinski definition) is 1. The van der Waals surface area contributed by atoms with Crippen LogP contribution < -0.4 is 0 Å². The fraction of sp³-hybridized carbons (Fsp3) is 0.333. The molecule has 2 heterocycles. The molecule has 1 atom stereocenters. The molecule has 16 heavy (non-hydrogen) atoms.